The highest BCUT2D eigenvalue weighted by atomic mass is 35.5. The van der Waals surface area contributed by atoms with Gasteiger partial charge >= 0.3 is 0 Å². The highest BCUT2D eigenvalue weighted by Gasteiger charge is 2.18. The Hall–Kier alpha value is -0.800. The van der Waals surface area contributed by atoms with E-state index < -0.39 is 0 Å². The van der Waals surface area contributed by atoms with Crippen LogP contribution in [-0.2, 0) is 11.3 Å². The van der Waals surface area contributed by atoms with Crippen molar-refractivity contribution in [3.8, 4) is 0 Å². The number of pyridine rings is 1. The van der Waals surface area contributed by atoms with Gasteiger partial charge in [-0.2, -0.15) is 0 Å². The summed E-state index contributed by atoms with van der Waals surface area (Å²) in [7, 11) is 6.30. The van der Waals surface area contributed by atoms with Crippen molar-refractivity contribution in [1.82, 2.24) is 9.88 Å². The van der Waals surface area contributed by atoms with Crippen molar-refractivity contribution in [2.75, 3.05) is 39.1 Å². The Kier molecular flexibility index (Phi) is 6.28. The fourth-order valence-corrected chi connectivity index (χ4v) is 2.12. The molecule has 20 heavy (non-hydrogen) atoms. The van der Waals surface area contributed by atoms with Gasteiger partial charge in [-0.1, -0.05) is 20.8 Å². The molecule has 0 aliphatic carbocycles. The predicted octanol–water partition coefficient (Wildman–Crippen LogP) is 3.51. The van der Waals surface area contributed by atoms with E-state index in [1.807, 2.05) is 0 Å². The van der Waals surface area contributed by atoms with Crippen molar-refractivity contribution in [3.63, 3.8) is 0 Å². The Morgan fingerprint density at radius 3 is 2.25 bits per heavy atom. The lowest BCUT2D eigenvalue weighted by Gasteiger charge is -2.24. The summed E-state index contributed by atoms with van der Waals surface area (Å²) in [4.78, 5) is 9.23. The smallest absolute Gasteiger partial charge is 0.128 e. The third-order valence-electron chi connectivity index (χ3n) is 3.28. The van der Waals surface area contributed by atoms with E-state index >= 15 is 0 Å². The maximum absolute atomic E-state index is 6.02. The maximum Gasteiger partial charge on any atom is 0.128 e. The van der Waals surface area contributed by atoms with Gasteiger partial charge in [0.2, 0.25) is 0 Å². The molecule has 1 rings (SSSR count). The molecule has 0 bridgehead atoms. The van der Waals surface area contributed by atoms with Gasteiger partial charge in [-0.05, 0) is 44.8 Å². The second-order valence-corrected chi connectivity index (χ2v) is 6.95. The quantitative estimate of drug-likeness (QED) is 0.749. The van der Waals surface area contributed by atoms with Crippen LogP contribution >= 0.6 is 11.6 Å². The van der Waals surface area contributed by atoms with Gasteiger partial charge in [-0.25, -0.2) is 4.98 Å². The maximum atomic E-state index is 6.02. The molecular weight excluding hydrogens is 270 g/mol. The highest BCUT2D eigenvalue weighted by Crippen LogP contribution is 2.25. The minimum absolute atomic E-state index is 0.0430. The Balaban J connectivity index is 2.88. The largest absolute Gasteiger partial charge is 0.360 e. The van der Waals surface area contributed by atoms with E-state index in [2.05, 4.69) is 63.8 Å². The minimum atomic E-state index is 0.0430. The highest BCUT2D eigenvalue weighted by molar-refractivity contribution is 6.17. The number of aromatic nitrogens is 1. The van der Waals surface area contributed by atoms with E-state index in [1.165, 1.54) is 0 Å². The van der Waals surface area contributed by atoms with Crippen LogP contribution in [0.15, 0.2) is 12.1 Å². The summed E-state index contributed by atoms with van der Waals surface area (Å²) in [5.41, 5.74) is 2.28. The first-order chi connectivity index (χ1) is 9.24. The molecule has 1 aromatic heterocycles. The monoisotopic (exact) mass is 297 g/mol. The average molecular weight is 298 g/mol. The van der Waals surface area contributed by atoms with Crippen molar-refractivity contribution in [1.29, 1.82) is 0 Å². The second-order valence-electron chi connectivity index (χ2n) is 6.68. The second kappa shape index (κ2) is 7.28. The molecule has 0 unspecified atom stereocenters. The van der Waals surface area contributed by atoms with Crippen LogP contribution in [-0.4, -0.2) is 44.1 Å². The Morgan fingerprint density at radius 2 is 1.75 bits per heavy atom. The van der Waals surface area contributed by atoms with Crippen molar-refractivity contribution in [3.05, 3.63) is 23.4 Å². The van der Waals surface area contributed by atoms with E-state index in [1.54, 1.807) is 0 Å². The predicted molar refractivity (Wildman–Crippen MR) is 88.9 cm³/mol. The fourth-order valence-electron chi connectivity index (χ4n) is 1.97. The first kappa shape index (κ1) is 17.3. The van der Waals surface area contributed by atoms with E-state index in [-0.39, 0.29) is 5.41 Å². The van der Waals surface area contributed by atoms with Crippen LogP contribution in [0.4, 0.5) is 5.82 Å². The zero-order valence-electron chi connectivity index (χ0n) is 13.7. The topological polar surface area (TPSA) is 19.4 Å². The summed E-state index contributed by atoms with van der Waals surface area (Å²) < 4.78 is 0. The fraction of sp³-hybridized carbons (Fsp3) is 0.688. The minimum Gasteiger partial charge on any atom is -0.360 e. The summed E-state index contributed by atoms with van der Waals surface area (Å²) in [6, 6.07) is 4.21. The first-order valence-electron chi connectivity index (χ1n) is 7.17. The van der Waals surface area contributed by atoms with Gasteiger partial charge in [0.1, 0.15) is 5.82 Å². The molecule has 0 aromatic carbocycles. The molecule has 114 valence electrons. The number of hydrogen-bond donors (Lipinski definition) is 0. The van der Waals surface area contributed by atoms with Crippen molar-refractivity contribution < 1.29 is 0 Å². The molecule has 0 aliphatic heterocycles. The van der Waals surface area contributed by atoms with E-state index in [4.69, 9.17) is 16.6 Å². The Labute approximate surface area is 128 Å². The van der Waals surface area contributed by atoms with E-state index in [0.717, 1.165) is 36.6 Å². The zero-order chi connectivity index (χ0) is 15.3. The van der Waals surface area contributed by atoms with Crippen molar-refractivity contribution in [2.45, 2.75) is 38.5 Å². The van der Waals surface area contributed by atoms with Crippen LogP contribution in [0.5, 0.6) is 0 Å². The Bertz CT molecular complexity index is 424. The molecule has 3 nitrogen and oxygen atoms in total. The SMILES string of the molecule is CN(C)CCCN(C)c1cc(CCl)cc(C(C)(C)C)n1. The zero-order valence-corrected chi connectivity index (χ0v) is 14.5. The van der Waals surface area contributed by atoms with Gasteiger partial charge in [0.25, 0.3) is 0 Å². The van der Waals surface area contributed by atoms with Gasteiger partial charge in [0.05, 0.1) is 0 Å². The summed E-state index contributed by atoms with van der Waals surface area (Å²) in [5, 5.41) is 0. The third-order valence-corrected chi connectivity index (χ3v) is 3.59. The van der Waals surface area contributed by atoms with Crippen LogP contribution in [0.25, 0.3) is 0 Å². The molecule has 0 spiro atoms. The molecule has 0 N–H and O–H groups in total. The van der Waals surface area contributed by atoms with E-state index in [0.29, 0.717) is 5.88 Å². The van der Waals surface area contributed by atoms with E-state index in [9.17, 15) is 0 Å². The summed E-state index contributed by atoms with van der Waals surface area (Å²) in [5.74, 6) is 1.55. The number of hydrogen-bond acceptors (Lipinski definition) is 3. The first-order valence-corrected chi connectivity index (χ1v) is 7.70. The van der Waals surface area contributed by atoms with Crippen LogP contribution < -0.4 is 4.90 Å². The Morgan fingerprint density at radius 1 is 1.10 bits per heavy atom. The molecule has 0 aliphatic rings. The van der Waals surface area contributed by atoms with Crippen molar-refractivity contribution in [2.24, 2.45) is 0 Å². The molecule has 0 radical (unpaired) electrons. The molecular formula is C16H28ClN3. The summed E-state index contributed by atoms with van der Waals surface area (Å²) in [6.07, 6.45) is 1.13. The average Bonchev–Trinajstić information content (AvgIpc) is 2.36. The van der Waals surface area contributed by atoms with Crippen LogP contribution in [0, 0.1) is 0 Å². The molecule has 0 saturated carbocycles. The molecule has 1 aromatic rings. The van der Waals surface area contributed by atoms with Crippen LogP contribution in [0.1, 0.15) is 38.4 Å². The normalized spacial score (nSPS) is 12.0. The lowest BCUT2D eigenvalue weighted by atomic mass is 9.91. The lowest BCUT2D eigenvalue weighted by molar-refractivity contribution is 0.401. The van der Waals surface area contributed by atoms with Gasteiger partial charge in [-0.15, -0.1) is 11.6 Å². The number of halogens is 1. The molecule has 0 atom stereocenters. The summed E-state index contributed by atoms with van der Waals surface area (Å²) >= 11 is 6.02. The number of anilines is 1. The lowest BCUT2D eigenvalue weighted by Crippen LogP contribution is -2.25. The third kappa shape index (κ3) is 5.29. The molecule has 0 amide bonds. The van der Waals surface area contributed by atoms with Gasteiger partial charge in [-0.3, -0.25) is 0 Å². The van der Waals surface area contributed by atoms with Gasteiger partial charge < -0.3 is 9.80 Å². The van der Waals surface area contributed by atoms with Gasteiger partial charge in [0.15, 0.2) is 0 Å². The number of rotatable bonds is 6. The summed E-state index contributed by atoms with van der Waals surface area (Å²) in [6.45, 7) is 8.64. The number of nitrogens with zero attached hydrogens (tertiary/aromatic N) is 3. The molecule has 1 heterocycles. The molecule has 0 saturated heterocycles. The van der Waals surface area contributed by atoms with Crippen LogP contribution in [0.3, 0.4) is 0 Å². The molecule has 0 fully saturated rings. The van der Waals surface area contributed by atoms with Crippen molar-refractivity contribution >= 4 is 17.4 Å². The standard InChI is InChI=1S/C16H28ClN3/c1-16(2,3)14-10-13(12-17)11-15(18-14)20(6)9-7-8-19(4)5/h10-11H,7-9,12H2,1-6H3. The molecule has 4 heteroatoms. The van der Waals surface area contributed by atoms with Gasteiger partial charge in [0, 0.05) is 30.6 Å². The number of alkyl halides is 1. The van der Waals surface area contributed by atoms with Crippen LogP contribution in [0.2, 0.25) is 0 Å².